The highest BCUT2D eigenvalue weighted by Gasteiger charge is 2.35. The van der Waals surface area contributed by atoms with Crippen molar-refractivity contribution in [2.75, 3.05) is 24.0 Å². The first-order chi connectivity index (χ1) is 13.9. The third-order valence-corrected chi connectivity index (χ3v) is 6.05. The third kappa shape index (κ3) is 4.65. The molecular formula is C21H22F3N4OP. The number of nitrogens with two attached hydrogens (primary N) is 1. The van der Waals surface area contributed by atoms with Gasteiger partial charge in [-0.15, -0.1) is 0 Å². The minimum Gasteiger partial charge on any atom is -0.383 e. The van der Waals surface area contributed by atoms with Crippen LogP contribution < -0.4 is 15.9 Å². The Labute approximate surface area is 173 Å². The van der Waals surface area contributed by atoms with Crippen molar-refractivity contribution in [3.63, 3.8) is 0 Å². The quantitative estimate of drug-likeness (QED) is 0.556. The number of hydrogen-bond donors (Lipinski definition) is 1. The van der Waals surface area contributed by atoms with E-state index >= 15 is 0 Å². The number of aryl methyl sites for hydroxylation is 2. The monoisotopic (exact) mass is 434 g/mol. The van der Waals surface area contributed by atoms with E-state index in [1.807, 2.05) is 32.0 Å². The molecule has 158 valence electrons. The standard InChI is InChI=1S/C21H22F3N4OP/c1-13-9-14(2)11-16(10-13)28(15-5-7-17(8-6-15)30(3,4)29)20-26-12-18(19(25)27-20)21(22,23)24/h5-12H,1-4H3,(H2,25,26,27). The number of halogens is 3. The van der Waals surface area contributed by atoms with Gasteiger partial charge in [-0.05, 0) is 74.7 Å². The number of hydrogen-bond acceptors (Lipinski definition) is 5. The average Bonchev–Trinajstić information content (AvgIpc) is 2.60. The van der Waals surface area contributed by atoms with Crippen LogP contribution in [0.15, 0.2) is 48.7 Å². The molecule has 2 aromatic carbocycles. The molecule has 3 aromatic rings. The summed E-state index contributed by atoms with van der Waals surface area (Å²) in [4.78, 5) is 9.51. The van der Waals surface area contributed by atoms with Crippen LogP contribution in [0.2, 0.25) is 0 Å². The molecule has 0 saturated carbocycles. The van der Waals surface area contributed by atoms with E-state index in [9.17, 15) is 17.7 Å². The summed E-state index contributed by atoms with van der Waals surface area (Å²) < 4.78 is 51.6. The Hall–Kier alpha value is -2.86. The maximum atomic E-state index is 13.1. The van der Waals surface area contributed by atoms with Crippen LogP contribution >= 0.6 is 7.14 Å². The summed E-state index contributed by atoms with van der Waals surface area (Å²) in [5, 5.41) is 0.694. The van der Waals surface area contributed by atoms with Gasteiger partial charge in [-0.25, -0.2) is 4.98 Å². The Balaban J connectivity index is 2.18. The first kappa shape index (κ1) is 21.8. The summed E-state index contributed by atoms with van der Waals surface area (Å²) in [6.45, 7) is 7.18. The van der Waals surface area contributed by atoms with E-state index in [-0.39, 0.29) is 5.95 Å². The molecule has 0 saturated heterocycles. The first-order valence-corrected chi connectivity index (χ1v) is 11.7. The summed E-state index contributed by atoms with van der Waals surface area (Å²) in [6, 6.07) is 12.7. The predicted octanol–water partition coefficient (Wildman–Crippen LogP) is 5.41. The number of rotatable bonds is 4. The zero-order valence-electron chi connectivity index (χ0n) is 17.0. The SMILES string of the molecule is Cc1cc(C)cc(N(c2ccc(P(C)(C)=O)cc2)c2ncc(C(F)(F)F)c(N)n2)c1. The highest BCUT2D eigenvalue weighted by atomic mass is 31.2. The van der Waals surface area contributed by atoms with Crippen LogP contribution in [0, 0.1) is 13.8 Å². The van der Waals surface area contributed by atoms with Crippen LogP contribution in [-0.4, -0.2) is 23.3 Å². The number of nitrogen functional groups attached to an aromatic ring is 1. The van der Waals surface area contributed by atoms with Crippen molar-refractivity contribution in [3.05, 3.63) is 65.4 Å². The molecule has 0 fully saturated rings. The van der Waals surface area contributed by atoms with Crippen molar-refractivity contribution >= 4 is 35.6 Å². The van der Waals surface area contributed by atoms with Crippen molar-refractivity contribution < 1.29 is 17.7 Å². The summed E-state index contributed by atoms with van der Waals surface area (Å²) in [5.41, 5.74) is 7.75. The topological polar surface area (TPSA) is 72.1 Å². The van der Waals surface area contributed by atoms with E-state index in [1.165, 1.54) is 0 Å². The number of alkyl halides is 3. The molecule has 0 amide bonds. The highest BCUT2D eigenvalue weighted by Crippen LogP contribution is 2.39. The zero-order chi connectivity index (χ0) is 22.3. The summed E-state index contributed by atoms with van der Waals surface area (Å²) in [6.07, 6.45) is -3.95. The molecule has 9 heteroatoms. The molecule has 0 aliphatic heterocycles. The van der Waals surface area contributed by atoms with Gasteiger partial charge in [0.25, 0.3) is 0 Å². The summed E-state index contributed by atoms with van der Waals surface area (Å²) >= 11 is 0. The summed E-state index contributed by atoms with van der Waals surface area (Å²) in [5.74, 6) is -0.639. The number of benzene rings is 2. The second-order valence-electron chi connectivity index (χ2n) is 7.52. The fraction of sp³-hybridized carbons (Fsp3) is 0.238. The summed E-state index contributed by atoms with van der Waals surface area (Å²) in [7, 11) is -2.46. The van der Waals surface area contributed by atoms with Crippen LogP contribution in [0.3, 0.4) is 0 Å². The van der Waals surface area contributed by atoms with Gasteiger partial charge in [-0.3, -0.25) is 4.90 Å². The number of nitrogens with zero attached hydrogens (tertiary/aromatic N) is 3. The van der Waals surface area contributed by atoms with Gasteiger partial charge < -0.3 is 10.3 Å². The second kappa shape index (κ2) is 7.76. The van der Waals surface area contributed by atoms with Crippen LogP contribution in [0.25, 0.3) is 0 Å². The Morgan fingerprint density at radius 1 is 0.967 bits per heavy atom. The third-order valence-electron chi connectivity index (χ3n) is 4.51. The molecule has 0 unspecified atom stereocenters. The van der Waals surface area contributed by atoms with E-state index in [0.29, 0.717) is 22.9 Å². The Kier molecular flexibility index (Phi) is 5.65. The van der Waals surface area contributed by atoms with Gasteiger partial charge in [0.15, 0.2) is 0 Å². The fourth-order valence-corrected chi connectivity index (χ4v) is 4.00. The molecule has 2 N–H and O–H groups in total. The lowest BCUT2D eigenvalue weighted by Crippen LogP contribution is -2.18. The highest BCUT2D eigenvalue weighted by molar-refractivity contribution is 7.70. The smallest absolute Gasteiger partial charge is 0.383 e. The minimum atomic E-state index is -4.64. The van der Waals surface area contributed by atoms with E-state index in [4.69, 9.17) is 5.73 Å². The number of anilines is 4. The molecule has 0 bridgehead atoms. The maximum Gasteiger partial charge on any atom is 0.421 e. The lowest BCUT2D eigenvalue weighted by molar-refractivity contribution is -0.137. The maximum absolute atomic E-state index is 13.1. The van der Waals surface area contributed by atoms with Crippen molar-refractivity contribution in [3.8, 4) is 0 Å². The Morgan fingerprint density at radius 3 is 2.00 bits per heavy atom. The van der Waals surface area contributed by atoms with Gasteiger partial charge in [-0.2, -0.15) is 18.2 Å². The van der Waals surface area contributed by atoms with Gasteiger partial charge >= 0.3 is 6.18 Å². The molecule has 0 spiro atoms. The molecule has 3 rings (SSSR count). The predicted molar refractivity (Wildman–Crippen MR) is 115 cm³/mol. The Morgan fingerprint density at radius 2 is 1.53 bits per heavy atom. The first-order valence-electron chi connectivity index (χ1n) is 9.10. The van der Waals surface area contributed by atoms with Gasteiger partial charge in [-0.1, -0.05) is 6.07 Å². The van der Waals surface area contributed by atoms with Gasteiger partial charge in [0, 0.05) is 22.9 Å². The lowest BCUT2D eigenvalue weighted by Gasteiger charge is -2.25. The van der Waals surface area contributed by atoms with Crippen LogP contribution in [-0.2, 0) is 10.7 Å². The van der Waals surface area contributed by atoms with Crippen molar-refractivity contribution in [1.82, 2.24) is 9.97 Å². The normalized spacial score (nSPS) is 12.1. The van der Waals surface area contributed by atoms with Crippen LogP contribution in [0.1, 0.15) is 16.7 Å². The molecule has 0 aliphatic rings. The molecule has 0 radical (unpaired) electrons. The van der Waals surface area contributed by atoms with Gasteiger partial charge in [0.05, 0.1) is 0 Å². The minimum absolute atomic E-state index is 0.00873. The molecular weight excluding hydrogens is 412 g/mol. The Bertz CT molecular complexity index is 1100. The molecule has 1 heterocycles. The van der Waals surface area contributed by atoms with Crippen molar-refractivity contribution in [2.24, 2.45) is 0 Å². The molecule has 0 atom stereocenters. The second-order valence-corrected chi connectivity index (χ2v) is 10.7. The molecule has 0 aliphatic carbocycles. The van der Waals surface area contributed by atoms with E-state index < -0.39 is 24.7 Å². The zero-order valence-corrected chi connectivity index (χ0v) is 17.9. The fourth-order valence-electron chi connectivity index (χ4n) is 3.13. The van der Waals surface area contributed by atoms with E-state index in [1.54, 1.807) is 42.5 Å². The van der Waals surface area contributed by atoms with Gasteiger partial charge in [0.2, 0.25) is 5.95 Å². The lowest BCUT2D eigenvalue weighted by atomic mass is 10.1. The van der Waals surface area contributed by atoms with Crippen molar-refractivity contribution in [2.45, 2.75) is 20.0 Å². The van der Waals surface area contributed by atoms with Crippen molar-refractivity contribution in [1.29, 1.82) is 0 Å². The molecule has 5 nitrogen and oxygen atoms in total. The van der Waals surface area contributed by atoms with Gasteiger partial charge in [0.1, 0.15) is 18.5 Å². The van der Waals surface area contributed by atoms with E-state index in [0.717, 1.165) is 11.1 Å². The average molecular weight is 434 g/mol. The van der Waals surface area contributed by atoms with E-state index in [2.05, 4.69) is 9.97 Å². The molecule has 30 heavy (non-hydrogen) atoms. The number of aromatic nitrogens is 2. The largest absolute Gasteiger partial charge is 0.421 e. The van der Waals surface area contributed by atoms with Crippen LogP contribution in [0.4, 0.5) is 36.3 Å². The molecule has 1 aromatic heterocycles. The van der Waals surface area contributed by atoms with Crippen LogP contribution in [0.5, 0.6) is 0 Å².